The van der Waals surface area contributed by atoms with Gasteiger partial charge in [0.15, 0.2) is 6.23 Å². The standard InChI is InChI=1S/C22H28ClFN3O10P/c1-12(2)35-17(29)13(3)26-38(33,37-15-7-5-14(23)6-8-15)34-11-22(24)18(30)21(4,32)19(36-22)27-10-9-16(28)25-20(27)31/h5-10,12-13,18-19,30,32H,11H2,1-4H3,(H,26,33)(H,25,28,31)/t13-,18-,19+,21+,22+,38?/m0/s1. The zero-order valence-corrected chi connectivity index (χ0v) is 22.4. The van der Waals surface area contributed by atoms with E-state index in [0.717, 1.165) is 19.2 Å². The van der Waals surface area contributed by atoms with Crippen molar-refractivity contribution in [3.8, 4) is 5.75 Å². The summed E-state index contributed by atoms with van der Waals surface area (Å²) >= 11 is 5.86. The number of hydrogen-bond donors (Lipinski definition) is 4. The summed E-state index contributed by atoms with van der Waals surface area (Å²) in [6.07, 6.45) is -3.69. The highest BCUT2D eigenvalue weighted by Gasteiger charge is 2.63. The number of esters is 1. The number of hydrogen-bond acceptors (Lipinski definition) is 10. The number of aliphatic hydroxyl groups is 2. The lowest BCUT2D eigenvalue weighted by atomic mass is 9.95. The van der Waals surface area contributed by atoms with Crippen molar-refractivity contribution in [2.24, 2.45) is 0 Å². The highest BCUT2D eigenvalue weighted by Crippen LogP contribution is 2.50. The van der Waals surface area contributed by atoms with Crippen LogP contribution in [0.15, 0.2) is 46.1 Å². The van der Waals surface area contributed by atoms with Crippen LogP contribution in [0, 0.1) is 0 Å². The third kappa shape index (κ3) is 6.70. The van der Waals surface area contributed by atoms with Gasteiger partial charge < -0.3 is 24.2 Å². The first kappa shape index (κ1) is 30.0. The van der Waals surface area contributed by atoms with Gasteiger partial charge in [0.05, 0.1) is 6.10 Å². The zero-order chi connectivity index (χ0) is 28.5. The molecule has 2 heterocycles. The summed E-state index contributed by atoms with van der Waals surface area (Å²) in [6, 6.07) is 5.19. The van der Waals surface area contributed by atoms with Crippen molar-refractivity contribution >= 4 is 25.3 Å². The fourth-order valence-electron chi connectivity index (χ4n) is 3.53. The minimum Gasteiger partial charge on any atom is -0.462 e. The van der Waals surface area contributed by atoms with Gasteiger partial charge in [-0.25, -0.2) is 13.8 Å². The van der Waals surface area contributed by atoms with Gasteiger partial charge in [-0.3, -0.25) is 23.7 Å². The topological polar surface area (TPSA) is 178 Å². The molecule has 3 rings (SSSR count). The Morgan fingerprint density at radius 1 is 1.29 bits per heavy atom. The van der Waals surface area contributed by atoms with Crippen molar-refractivity contribution in [1.82, 2.24) is 14.6 Å². The Morgan fingerprint density at radius 2 is 1.92 bits per heavy atom. The number of H-pyrrole nitrogens is 1. The number of carbonyl (C=O) groups excluding carboxylic acids is 1. The van der Waals surface area contributed by atoms with Crippen molar-refractivity contribution in [2.75, 3.05) is 6.61 Å². The average Bonchev–Trinajstić information content (AvgIpc) is 2.99. The predicted octanol–water partition coefficient (Wildman–Crippen LogP) is 1.63. The van der Waals surface area contributed by atoms with Crippen LogP contribution in [0.1, 0.15) is 33.9 Å². The third-order valence-corrected chi connectivity index (χ3v) is 7.28. The minimum absolute atomic E-state index is 0.0277. The molecule has 0 aliphatic carbocycles. The Morgan fingerprint density at radius 3 is 2.50 bits per heavy atom. The van der Waals surface area contributed by atoms with Crippen molar-refractivity contribution < 1.29 is 42.5 Å². The largest absolute Gasteiger partial charge is 0.462 e. The monoisotopic (exact) mass is 579 g/mol. The molecular weight excluding hydrogens is 552 g/mol. The molecule has 0 spiro atoms. The van der Waals surface area contributed by atoms with E-state index >= 15 is 4.39 Å². The van der Waals surface area contributed by atoms with E-state index in [2.05, 4.69) is 5.09 Å². The summed E-state index contributed by atoms with van der Waals surface area (Å²) in [5.41, 5.74) is -4.21. The Bertz CT molecular complexity index is 1320. The van der Waals surface area contributed by atoms with E-state index in [4.69, 9.17) is 30.1 Å². The molecule has 1 unspecified atom stereocenters. The Hall–Kier alpha value is -2.58. The van der Waals surface area contributed by atoms with Crippen LogP contribution in [0.25, 0.3) is 0 Å². The molecule has 1 aromatic carbocycles. The van der Waals surface area contributed by atoms with Gasteiger partial charge in [0.25, 0.3) is 11.4 Å². The van der Waals surface area contributed by atoms with E-state index in [1.54, 1.807) is 13.8 Å². The molecule has 1 fully saturated rings. The molecule has 0 saturated carbocycles. The van der Waals surface area contributed by atoms with Gasteiger partial charge >= 0.3 is 19.4 Å². The maximum absolute atomic E-state index is 15.9. The second kappa shape index (κ2) is 11.3. The number of rotatable bonds is 10. The quantitative estimate of drug-likeness (QED) is 0.237. The van der Waals surface area contributed by atoms with Gasteiger partial charge in [-0.2, -0.15) is 5.09 Å². The highest BCUT2D eigenvalue weighted by atomic mass is 35.5. The first-order valence-electron chi connectivity index (χ1n) is 11.3. The van der Waals surface area contributed by atoms with Crippen LogP contribution in [0.2, 0.25) is 5.02 Å². The minimum atomic E-state index is -4.60. The van der Waals surface area contributed by atoms with Crippen molar-refractivity contribution in [3.63, 3.8) is 0 Å². The summed E-state index contributed by atoms with van der Waals surface area (Å²) in [5, 5.41) is 24.0. The second-order valence-corrected chi connectivity index (χ2v) is 11.2. The maximum Gasteiger partial charge on any atom is 0.459 e. The molecule has 210 valence electrons. The average molecular weight is 580 g/mol. The first-order valence-corrected chi connectivity index (χ1v) is 13.2. The van der Waals surface area contributed by atoms with Gasteiger partial charge in [0.1, 0.15) is 30.1 Å². The van der Waals surface area contributed by atoms with Crippen LogP contribution in [-0.4, -0.2) is 62.0 Å². The third-order valence-electron chi connectivity index (χ3n) is 5.40. The fourth-order valence-corrected chi connectivity index (χ4v) is 5.16. The molecule has 0 bridgehead atoms. The molecule has 1 aromatic heterocycles. The molecule has 1 aliphatic rings. The lowest BCUT2D eigenvalue weighted by Gasteiger charge is -2.29. The van der Waals surface area contributed by atoms with Crippen LogP contribution in [-0.2, 0) is 23.4 Å². The number of aromatic nitrogens is 2. The van der Waals surface area contributed by atoms with E-state index < -0.39 is 67.5 Å². The summed E-state index contributed by atoms with van der Waals surface area (Å²) in [5.74, 6) is -4.07. The van der Waals surface area contributed by atoms with Gasteiger partial charge in [-0.1, -0.05) is 11.6 Å². The van der Waals surface area contributed by atoms with Crippen LogP contribution < -0.4 is 20.9 Å². The number of halogens is 2. The molecule has 0 amide bonds. The van der Waals surface area contributed by atoms with E-state index in [1.165, 1.54) is 31.2 Å². The SMILES string of the molecule is CC(C)OC(=O)[C@H](C)NP(=O)(OC[C@@]1(F)O[C@@H](n2ccc(=O)[nH]c2=O)[C@](C)(O)[C@@H]1O)Oc1ccc(Cl)cc1. The number of aliphatic hydroxyl groups excluding tert-OH is 1. The summed E-state index contributed by atoms with van der Waals surface area (Å²) in [7, 11) is -4.60. The summed E-state index contributed by atoms with van der Waals surface area (Å²) < 4.78 is 51.1. The van der Waals surface area contributed by atoms with Gasteiger partial charge in [0, 0.05) is 17.3 Å². The maximum atomic E-state index is 15.9. The van der Waals surface area contributed by atoms with Crippen LogP contribution in [0.3, 0.4) is 0 Å². The summed E-state index contributed by atoms with van der Waals surface area (Å²) in [4.78, 5) is 37.8. The Kier molecular flexibility index (Phi) is 8.88. The van der Waals surface area contributed by atoms with E-state index in [-0.39, 0.29) is 5.75 Å². The predicted molar refractivity (Wildman–Crippen MR) is 131 cm³/mol. The van der Waals surface area contributed by atoms with Crippen molar-refractivity contribution in [1.29, 1.82) is 0 Å². The number of alkyl halides is 1. The van der Waals surface area contributed by atoms with Crippen LogP contribution >= 0.6 is 19.3 Å². The van der Waals surface area contributed by atoms with E-state index in [9.17, 15) is 29.2 Å². The Balaban J connectivity index is 1.87. The van der Waals surface area contributed by atoms with Crippen molar-refractivity contribution in [2.45, 2.75) is 63.6 Å². The normalized spacial score (nSPS) is 27.6. The zero-order valence-electron chi connectivity index (χ0n) is 20.8. The summed E-state index contributed by atoms with van der Waals surface area (Å²) in [6.45, 7) is 4.22. The number of nitrogens with one attached hydrogen (secondary N) is 2. The molecule has 1 aliphatic heterocycles. The first-order chi connectivity index (χ1) is 17.6. The number of aromatic amines is 1. The Labute approximate surface area is 221 Å². The van der Waals surface area contributed by atoms with E-state index in [0.29, 0.717) is 9.59 Å². The fraction of sp³-hybridized carbons (Fsp3) is 0.500. The van der Waals surface area contributed by atoms with Crippen LogP contribution in [0.4, 0.5) is 4.39 Å². The molecule has 2 aromatic rings. The lowest BCUT2D eigenvalue weighted by Crippen LogP contribution is -2.50. The lowest BCUT2D eigenvalue weighted by molar-refractivity contribution is -0.204. The molecule has 16 heteroatoms. The molecule has 13 nitrogen and oxygen atoms in total. The van der Waals surface area contributed by atoms with E-state index in [1.807, 2.05) is 4.98 Å². The van der Waals surface area contributed by atoms with Crippen LogP contribution in [0.5, 0.6) is 5.75 Å². The van der Waals surface area contributed by atoms with Gasteiger partial charge in [0.2, 0.25) is 0 Å². The second-order valence-electron chi connectivity index (χ2n) is 9.05. The highest BCUT2D eigenvalue weighted by molar-refractivity contribution is 7.52. The molecule has 6 atom stereocenters. The number of ether oxygens (including phenoxy) is 2. The smallest absolute Gasteiger partial charge is 0.459 e. The molecule has 1 saturated heterocycles. The van der Waals surface area contributed by atoms with Crippen molar-refractivity contribution in [3.05, 3.63) is 62.4 Å². The number of nitrogens with zero attached hydrogens (tertiary/aromatic N) is 1. The number of carbonyl (C=O) groups is 1. The molecular formula is C22H28ClFN3O10P. The number of benzene rings is 1. The molecule has 0 radical (unpaired) electrons. The molecule has 4 N–H and O–H groups in total. The van der Waals surface area contributed by atoms with Gasteiger partial charge in [-0.05, 0) is 52.0 Å². The van der Waals surface area contributed by atoms with Gasteiger partial charge in [-0.15, -0.1) is 0 Å². The molecule has 38 heavy (non-hydrogen) atoms.